The second kappa shape index (κ2) is 7.38. The highest BCUT2D eigenvalue weighted by atomic mass is 35.5. The zero-order valence-electron chi connectivity index (χ0n) is 15.4. The van der Waals surface area contributed by atoms with E-state index in [1.807, 2.05) is 37.3 Å². The molecule has 1 heterocycles. The Bertz CT molecular complexity index is 882. The summed E-state index contributed by atoms with van der Waals surface area (Å²) >= 11 is 6.39. The Morgan fingerprint density at radius 2 is 1.81 bits per heavy atom. The Morgan fingerprint density at radius 1 is 1.08 bits per heavy atom. The minimum atomic E-state index is 0.110. The Kier molecular flexibility index (Phi) is 5.18. The van der Waals surface area contributed by atoms with Crippen molar-refractivity contribution in [3.05, 3.63) is 64.4 Å². The molecule has 6 heteroatoms. The molecule has 0 spiro atoms. The van der Waals surface area contributed by atoms with Crippen molar-refractivity contribution < 1.29 is 4.74 Å². The Balaban J connectivity index is 1.78. The second-order valence-corrected chi connectivity index (χ2v) is 7.61. The van der Waals surface area contributed by atoms with Gasteiger partial charge in [-0.25, -0.2) is 0 Å². The van der Waals surface area contributed by atoms with Gasteiger partial charge >= 0.3 is 0 Å². The lowest BCUT2D eigenvalue weighted by molar-refractivity contribution is 0.476. The van der Waals surface area contributed by atoms with Gasteiger partial charge in [-0.15, -0.1) is 10.2 Å². The first-order valence-electron chi connectivity index (χ1n) is 8.52. The summed E-state index contributed by atoms with van der Waals surface area (Å²) in [5, 5.41) is 11.8. The third-order valence-corrected chi connectivity index (χ3v) is 4.41. The fourth-order valence-electron chi connectivity index (χ4n) is 2.55. The number of aryl methyl sites for hydroxylation is 1. The van der Waals surface area contributed by atoms with E-state index in [4.69, 9.17) is 16.3 Å². The maximum Gasteiger partial charge on any atom is 0.222 e. The van der Waals surface area contributed by atoms with Gasteiger partial charge in [-0.2, -0.15) is 0 Å². The summed E-state index contributed by atoms with van der Waals surface area (Å²) in [6.07, 6.45) is 0. The van der Waals surface area contributed by atoms with Crippen LogP contribution in [0, 0.1) is 6.92 Å². The van der Waals surface area contributed by atoms with E-state index in [-0.39, 0.29) is 5.41 Å². The predicted octanol–water partition coefficient (Wildman–Crippen LogP) is 5.47. The number of hydrogen-bond acceptors (Lipinski definition) is 4. The SMILES string of the molecule is Cc1nnc(NCc2c(Cl)cccc2Oc2ccc(C(C)(C)C)cc2)[nH]1. The first kappa shape index (κ1) is 18.3. The second-order valence-electron chi connectivity index (χ2n) is 7.21. The molecule has 0 bridgehead atoms. The molecule has 0 saturated heterocycles. The molecule has 0 atom stereocenters. The van der Waals surface area contributed by atoms with Gasteiger partial charge in [-0.3, -0.25) is 0 Å². The monoisotopic (exact) mass is 370 g/mol. The summed E-state index contributed by atoms with van der Waals surface area (Å²) in [6, 6.07) is 13.8. The molecule has 136 valence electrons. The lowest BCUT2D eigenvalue weighted by atomic mass is 9.87. The van der Waals surface area contributed by atoms with Gasteiger partial charge in [0, 0.05) is 17.1 Å². The Morgan fingerprint density at radius 3 is 2.42 bits per heavy atom. The van der Waals surface area contributed by atoms with Crippen molar-refractivity contribution in [3.63, 3.8) is 0 Å². The topological polar surface area (TPSA) is 62.8 Å². The van der Waals surface area contributed by atoms with Crippen LogP contribution >= 0.6 is 11.6 Å². The van der Waals surface area contributed by atoms with E-state index in [0.717, 1.165) is 17.1 Å². The van der Waals surface area contributed by atoms with Crippen LogP contribution in [-0.4, -0.2) is 15.2 Å². The lowest BCUT2D eigenvalue weighted by Gasteiger charge is -2.19. The van der Waals surface area contributed by atoms with Gasteiger partial charge in [-0.1, -0.05) is 50.6 Å². The highest BCUT2D eigenvalue weighted by molar-refractivity contribution is 6.31. The van der Waals surface area contributed by atoms with E-state index in [9.17, 15) is 0 Å². The van der Waals surface area contributed by atoms with Crippen molar-refractivity contribution in [1.29, 1.82) is 0 Å². The highest BCUT2D eigenvalue weighted by Crippen LogP contribution is 2.32. The number of H-pyrrole nitrogens is 1. The van der Waals surface area contributed by atoms with Crippen LogP contribution in [0.4, 0.5) is 5.95 Å². The van der Waals surface area contributed by atoms with Crippen molar-refractivity contribution in [2.24, 2.45) is 0 Å². The summed E-state index contributed by atoms with van der Waals surface area (Å²) < 4.78 is 6.08. The Labute approximate surface area is 158 Å². The Hall–Kier alpha value is -2.53. The van der Waals surface area contributed by atoms with Crippen LogP contribution in [0.25, 0.3) is 0 Å². The first-order chi connectivity index (χ1) is 12.3. The maximum absolute atomic E-state index is 6.39. The van der Waals surface area contributed by atoms with E-state index in [1.54, 1.807) is 0 Å². The zero-order chi connectivity index (χ0) is 18.7. The summed E-state index contributed by atoms with van der Waals surface area (Å²) in [5.74, 6) is 2.84. The average Bonchev–Trinajstić information content (AvgIpc) is 2.99. The molecule has 0 radical (unpaired) electrons. The van der Waals surface area contributed by atoms with Crippen LogP contribution in [0.5, 0.6) is 11.5 Å². The summed E-state index contributed by atoms with van der Waals surface area (Å²) in [4.78, 5) is 3.04. The van der Waals surface area contributed by atoms with Crippen molar-refractivity contribution in [2.75, 3.05) is 5.32 Å². The van der Waals surface area contributed by atoms with Gasteiger partial charge in [0.15, 0.2) is 0 Å². The van der Waals surface area contributed by atoms with Gasteiger partial charge in [0.1, 0.15) is 17.3 Å². The van der Waals surface area contributed by atoms with Crippen LogP contribution in [-0.2, 0) is 12.0 Å². The number of hydrogen-bond donors (Lipinski definition) is 2. The van der Waals surface area contributed by atoms with E-state index in [2.05, 4.69) is 53.4 Å². The number of benzene rings is 2. The maximum atomic E-state index is 6.39. The van der Waals surface area contributed by atoms with Crippen LogP contribution in [0.3, 0.4) is 0 Å². The molecule has 2 N–H and O–H groups in total. The molecule has 3 rings (SSSR count). The molecule has 3 aromatic rings. The van der Waals surface area contributed by atoms with Crippen molar-refractivity contribution in [2.45, 2.75) is 39.7 Å². The van der Waals surface area contributed by atoms with Gasteiger partial charge in [0.05, 0.1) is 0 Å². The molecule has 2 aromatic carbocycles. The molecule has 0 aliphatic carbocycles. The third-order valence-electron chi connectivity index (χ3n) is 4.06. The van der Waals surface area contributed by atoms with Crippen LogP contribution < -0.4 is 10.1 Å². The molecule has 0 amide bonds. The average molecular weight is 371 g/mol. The molecular weight excluding hydrogens is 348 g/mol. The van der Waals surface area contributed by atoms with E-state index in [1.165, 1.54) is 5.56 Å². The summed E-state index contributed by atoms with van der Waals surface area (Å²) in [6.45, 7) is 8.89. The highest BCUT2D eigenvalue weighted by Gasteiger charge is 2.14. The molecule has 0 saturated carbocycles. The van der Waals surface area contributed by atoms with Gasteiger partial charge in [-0.05, 0) is 42.2 Å². The quantitative estimate of drug-likeness (QED) is 0.625. The normalized spacial score (nSPS) is 11.4. The number of nitrogens with one attached hydrogen (secondary N) is 2. The molecule has 0 aliphatic rings. The third kappa shape index (κ3) is 4.35. The standard InChI is InChI=1S/C20H23ClN4O/c1-13-23-19(25-24-13)22-12-16-17(21)6-5-7-18(16)26-15-10-8-14(9-11-15)20(2,3)4/h5-11H,12H2,1-4H3,(H2,22,23,24,25). The number of ether oxygens (including phenoxy) is 1. The zero-order valence-corrected chi connectivity index (χ0v) is 16.2. The molecule has 5 nitrogen and oxygen atoms in total. The minimum Gasteiger partial charge on any atom is -0.457 e. The predicted molar refractivity (Wildman–Crippen MR) is 105 cm³/mol. The summed E-state index contributed by atoms with van der Waals surface area (Å²) in [7, 11) is 0. The molecule has 0 unspecified atom stereocenters. The molecule has 1 aromatic heterocycles. The number of anilines is 1. The van der Waals surface area contributed by atoms with Gasteiger partial charge in [0.2, 0.25) is 5.95 Å². The number of aromatic amines is 1. The molecule has 26 heavy (non-hydrogen) atoms. The lowest BCUT2D eigenvalue weighted by Crippen LogP contribution is -2.10. The van der Waals surface area contributed by atoms with Crippen LogP contribution in [0.15, 0.2) is 42.5 Å². The van der Waals surface area contributed by atoms with E-state index < -0.39 is 0 Å². The molecule has 0 fully saturated rings. The van der Waals surface area contributed by atoms with Crippen LogP contribution in [0.2, 0.25) is 5.02 Å². The number of nitrogens with zero attached hydrogens (tertiary/aromatic N) is 2. The molecular formula is C20H23ClN4O. The fraction of sp³-hybridized carbons (Fsp3) is 0.300. The van der Waals surface area contributed by atoms with Crippen LogP contribution in [0.1, 0.15) is 37.7 Å². The van der Waals surface area contributed by atoms with Gasteiger partial charge < -0.3 is 15.0 Å². The van der Waals surface area contributed by atoms with Crippen molar-refractivity contribution in [1.82, 2.24) is 15.2 Å². The minimum absolute atomic E-state index is 0.110. The molecule has 0 aliphatic heterocycles. The van der Waals surface area contributed by atoms with Gasteiger partial charge in [0.25, 0.3) is 0 Å². The summed E-state index contributed by atoms with van der Waals surface area (Å²) in [5.41, 5.74) is 2.24. The van der Waals surface area contributed by atoms with E-state index >= 15 is 0 Å². The largest absolute Gasteiger partial charge is 0.457 e. The van der Waals surface area contributed by atoms with E-state index in [0.29, 0.717) is 23.3 Å². The first-order valence-corrected chi connectivity index (χ1v) is 8.89. The number of aromatic nitrogens is 3. The van der Waals surface area contributed by atoms with Crippen molar-refractivity contribution >= 4 is 17.5 Å². The van der Waals surface area contributed by atoms with Crippen molar-refractivity contribution in [3.8, 4) is 11.5 Å². The number of halogens is 1. The fourth-order valence-corrected chi connectivity index (χ4v) is 2.79. The smallest absolute Gasteiger partial charge is 0.222 e. The number of rotatable bonds is 5.